The van der Waals surface area contributed by atoms with Crippen LogP contribution in [0.3, 0.4) is 0 Å². The topological polar surface area (TPSA) is 8.17 Å². The molecule has 7 aromatic carbocycles. The zero-order valence-electron chi connectivity index (χ0n) is 24.2. The van der Waals surface area contributed by atoms with Crippen molar-refractivity contribution in [1.29, 1.82) is 0 Å². The Hall–Kier alpha value is -5.86. The maximum absolute atomic E-state index is 2.47. The van der Waals surface area contributed by atoms with Crippen LogP contribution in [0.1, 0.15) is 0 Å². The van der Waals surface area contributed by atoms with Crippen LogP contribution in [0.25, 0.3) is 49.7 Å². The molecule has 0 aliphatic carbocycles. The Morgan fingerprint density at radius 2 is 0.886 bits per heavy atom. The van der Waals surface area contributed by atoms with E-state index in [9.17, 15) is 0 Å². The lowest BCUT2D eigenvalue weighted by molar-refractivity contribution is 1.18. The molecule has 8 rings (SSSR count). The van der Waals surface area contributed by atoms with Gasteiger partial charge in [-0.25, -0.2) is 0 Å². The van der Waals surface area contributed by atoms with E-state index in [1.54, 1.807) is 0 Å². The van der Waals surface area contributed by atoms with Gasteiger partial charge in [-0.3, -0.25) is 0 Å². The molecule has 2 nitrogen and oxygen atoms in total. The fourth-order valence-electron chi connectivity index (χ4n) is 6.49. The molecule has 0 aliphatic heterocycles. The van der Waals surface area contributed by atoms with Gasteiger partial charge in [-0.05, 0) is 53.6 Å². The van der Waals surface area contributed by atoms with E-state index >= 15 is 0 Å². The van der Waals surface area contributed by atoms with Crippen LogP contribution in [0.15, 0.2) is 182 Å². The third-order valence-electron chi connectivity index (χ3n) is 8.37. The van der Waals surface area contributed by atoms with Crippen molar-refractivity contribution in [2.45, 2.75) is 0 Å². The van der Waals surface area contributed by atoms with E-state index in [1.807, 2.05) is 0 Å². The van der Waals surface area contributed by atoms with Gasteiger partial charge in [0.1, 0.15) is 0 Å². The predicted molar refractivity (Wildman–Crippen MR) is 186 cm³/mol. The van der Waals surface area contributed by atoms with Crippen LogP contribution in [0.2, 0.25) is 0 Å². The zero-order chi connectivity index (χ0) is 29.3. The first kappa shape index (κ1) is 25.8. The summed E-state index contributed by atoms with van der Waals surface area (Å²) in [6.07, 6.45) is 0. The summed E-state index contributed by atoms with van der Waals surface area (Å²) in [6.45, 7) is 0. The largest absolute Gasteiger partial charge is 0.309 e. The summed E-state index contributed by atoms with van der Waals surface area (Å²) in [6, 6.07) is 65.1. The molecule has 208 valence electrons. The van der Waals surface area contributed by atoms with Crippen molar-refractivity contribution in [2.24, 2.45) is 0 Å². The standard InChI is InChI=1S/C42H30N2/c1-5-17-31(18-6-1)35-26-15-27-36(32-19-7-2-8-20-32)42(35)44(34-23-11-4-12-24-34)40-30-16-29-39-41(40)37-25-13-14-28-38(37)43(39)33-21-9-3-10-22-33/h1-30H. The van der Waals surface area contributed by atoms with Gasteiger partial charge in [0.25, 0.3) is 0 Å². The van der Waals surface area contributed by atoms with E-state index < -0.39 is 0 Å². The highest BCUT2D eigenvalue weighted by molar-refractivity contribution is 6.17. The first-order chi connectivity index (χ1) is 21.9. The van der Waals surface area contributed by atoms with E-state index in [2.05, 4.69) is 191 Å². The van der Waals surface area contributed by atoms with Crippen LogP contribution in [0.4, 0.5) is 17.1 Å². The lowest BCUT2D eigenvalue weighted by atomic mass is 9.94. The van der Waals surface area contributed by atoms with Crippen LogP contribution in [-0.4, -0.2) is 4.57 Å². The Balaban J connectivity index is 1.52. The van der Waals surface area contributed by atoms with Crippen molar-refractivity contribution < 1.29 is 0 Å². The van der Waals surface area contributed by atoms with Crippen LogP contribution < -0.4 is 4.90 Å². The third kappa shape index (κ3) is 4.36. The number of anilines is 3. The summed E-state index contributed by atoms with van der Waals surface area (Å²) >= 11 is 0. The Morgan fingerprint density at radius 1 is 0.386 bits per heavy atom. The average molecular weight is 563 g/mol. The molecule has 0 atom stereocenters. The zero-order valence-corrected chi connectivity index (χ0v) is 24.2. The number of fused-ring (bicyclic) bond motifs is 3. The molecule has 44 heavy (non-hydrogen) atoms. The van der Waals surface area contributed by atoms with Crippen LogP contribution >= 0.6 is 0 Å². The van der Waals surface area contributed by atoms with Crippen molar-refractivity contribution in [3.8, 4) is 27.9 Å². The lowest BCUT2D eigenvalue weighted by Gasteiger charge is -2.31. The maximum atomic E-state index is 2.47. The number of hydrogen-bond acceptors (Lipinski definition) is 1. The van der Waals surface area contributed by atoms with E-state index in [1.165, 1.54) is 44.1 Å². The highest BCUT2D eigenvalue weighted by Crippen LogP contribution is 2.49. The molecule has 8 aromatic rings. The number of aromatic nitrogens is 1. The molecule has 0 unspecified atom stereocenters. The van der Waals surface area contributed by atoms with E-state index in [-0.39, 0.29) is 0 Å². The monoisotopic (exact) mass is 562 g/mol. The fourth-order valence-corrected chi connectivity index (χ4v) is 6.49. The van der Waals surface area contributed by atoms with Gasteiger partial charge in [-0.15, -0.1) is 0 Å². The SMILES string of the molecule is c1ccc(-c2cccc(-c3ccccc3)c2N(c2ccccc2)c2cccc3c2c2ccccc2n3-c2ccccc2)cc1. The van der Waals surface area contributed by atoms with Gasteiger partial charge in [0.2, 0.25) is 0 Å². The molecule has 0 aliphatic rings. The van der Waals surface area contributed by atoms with Gasteiger partial charge in [0, 0.05) is 33.3 Å². The molecule has 0 radical (unpaired) electrons. The molecule has 0 saturated heterocycles. The summed E-state index contributed by atoms with van der Waals surface area (Å²) in [7, 11) is 0. The Labute approximate surface area is 257 Å². The van der Waals surface area contributed by atoms with Gasteiger partial charge in [0.15, 0.2) is 0 Å². The van der Waals surface area contributed by atoms with Gasteiger partial charge in [-0.1, -0.05) is 140 Å². The van der Waals surface area contributed by atoms with Crippen LogP contribution in [-0.2, 0) is 0 Å². The first-order valence-corrected chi connectivity index (χ1v) is 15.0. The van der Waals surface area contributed by atoms with E-state index in [0.717, 1.165) is 22.7 Å². The number of benzene rings is 7. The van der Waals surface area contributed by atoms with Crippen molar-refractivity contribution in [1.82, 2.24) is 4.57 Å². The van der Waals surface area contributed by atoms with Crippen molar-refractivity contribution in [3.05, 3.63) is 182 Å². The molecule has 0 spiro atoms. The van der Waals surface area contributed by atoms with Gasteiger partial charge >= 0.3 is 0 Å². The van der Waals surface area contributed by atoms with Crippen molar-refractivity contribution in [3.63, 3.8) is 0 Å². The molecule has 0 saturated carbocycles. The first-order valence-electron chi connectivity index (χ1n) is 15.0. The normalized spacial score (nSPS) is 11.2. The molecule has 2 heteroatoms. The maximum Gasteiger partial charge on any atom is 0.0618 e. The smallest absolute Gasteiger partial charge is 0.0618 e. The molecule has 0 amide bonds. The predicted octanol–water partition coefficient (Wildman–Crippen LogP) is 11.6. The number of rotatable bonds is 6. The second-order valence-corrected chi connectivity index (χ2v) is 11.0. The second-order valence-electron chi connectivity index (χ2n) is 11.0. The fraction of sp³-hybridized carbons (Fsp3) is 0. The minimum atomic E-state index is 1.11. The molecule has 0 bridgehead atoms. The Morgan fingerprint density at radius 3 is 1.52 bits per heavy atom. The summed E-state index contributed by atoms with van der Waals surface area (Å²) in [5.74, 6) is 0. The third-order valence-corrected chi connectivity index (χ3v) is 8.37. The molecular formula is C42H30N2. The number of para-hydroxylation sites is 4. The highest BCUT2D eigenvalue weighted by atomic mass is 15.2. The number of nitrogens with zero attached hydrogens (tertiary/aromatic N) is 2. The number of hydrogen-bond donors (Lipinski definition) is 0. The summed E-state index contributed by atoms with van der Waals surface area (Å²) in [4.78, 5) is 2.47. The van der Waals surface area contributed by atoms with Gasteiger partial charge < -0.3 is 9.47 Å². The Bertz CT molecular complexity index is 2140. The highest BCUT2D eigenvalue weighted by Gasteiger charge is 2.25. The molecule has 0 N–H and O–H groups in total. The molecule has 0 fully saturated rings. The second kappa shape index (κ2) is 11.1. The lowest BCUT2D eigenvalue weighted by Crippen LogP contribution is -2.13. The summed E-state index contributed by atoms with van der Waals surface area (Å²) in [5.41, 5.74) is 11.6. The quantitative estimate of drug-likeness (QED) is 0.196. The summed E-state index contributed by atoms with van der Waals surface area (Å²) in [5, 5.41) is 2.44. The molecular weight excluding hydrogens is 532 g/mol. The van der Waals surface area contributed by atoms with Crippen LogP contribution in [0.5, 0.6) is 0 Å². The molecule has 1 aromatic heterocycles. The van der Waals surface area contributed by atoms with E-state index in [0.29, 0.717) is 0 Å². The minimum absolute atomic E-state index is 1.11. The average Bonchev–Trinajstić information content (AvgIpc) is 3.45. The minimum Gasteiger partial charge on any atom is -0.309 e. The van der Waals surface area contributed by atoms with E-state index in [4.69, 9.17) is 0 Å². The van der Waals surface area contributed by atoms with Gasteiger partial charge in [0.05, 0.1) is 22.4 Å². The molecule has 1 heterocycles. The van der Waals surface area contributed by atoms with Crippen LogP contribution in [0, 0.1) is 0 Å². The van der Waals surface area contributed by atoms with Gasteiger partial charge in [-0.2, -0.15) is 0 Å². The summed E-state index contributed by atoms with van der Waals surface area (Å²) < 4.78 is 2.39. The van der Waals surface area contributed by atoms with Crippen molar-refractivity contribution in [2.75, 3.05) is 4.90 Å². The Kier molecular flexibility index (Phi) is 6.51. The van der Waals surface area contributed by atoms with Crippen molar-refractivity contribution >= 4 is 38.9 Å².